The van der Waals surface area contributed by atoms with Crippen LogP contribution in [-0.2, 0) is 19.1 Å². The van der Waals surface area contributed by atoms with E-state index in [0.29, 0.717) is 31.0 Å². The molecule has 22 heavy (non-hydrogen) atoms. The monoisotopic (exact) mass is 314 g/mol. The summed E-state index contributed by atoms with van der Waals surface area (Å²) in [5.74, 6) is 0.579. The second-order valence-electron chi connectivity index (χ2n) is 7.92. The fraction of sp³-hybridized carbons (Fsp3) is 0.889. The lowest BCUT2D eigenvalue weighted by Gasteiger charge is -2.29. The molecule has 130 valence electrons. The smallest absolute Gasteiger partial charge is 0.306 e. The standard InChI is InChI=1S/C18H34O4/c1-13(2)8-18(7,9-16(19)21-11-14(3)4)10-17(20)22-12-15(5)6/h13-15H,8-12H2,1-7H3. The highest BCUT2D eigenvalue weighted by atomic mass is 16.5. The molecule has 4 heteroatoms. The van der Waals surface area contributed by atoms with E-state index >= 15 is 0 Å². The number of ether oxygens (including phenoxy) is 2. The van der Waals surface area contributed by atoms with Crippen molar-refractivity contribution in [1.82, 2.24) is 0 Å². The highest BCUT2D eigenvalue weighted by Gasteiger charge is 2.32. The van der Waals surface area contributed by atoms with E-state index in [1.807, 2.05) is 34.6 Å². The maximum absolute atomic E-state index is 12.0. The average molecular weight is 314 g/mol. The number of hydrogen-bond acceptors (Lipinski definition) is 4. The van der Waals surface area contributed by atoms with Crippen LogP contribution >= 0.6 is 0 Å². The minimum Gasteiger partial charge on any atom is -0.465 e. The van der Waals surface area contributed by atoms with E-state index in [0.717, 1.165) is 6.42 Å². The second kappa shape index (κ2) is 9.86. The molecule has 0 aromatic rings. The summed E-state index contributed by atoms with van der Waals surface area (Å²) in [4.78, 5) is 24.0. The quantitative estimate of drug-likeness (QED) is 0.567. The van der Waals surface area contributed by atoms with Gasteiger partial charge in [0.15, 0.2) is 0 Å². The zero-order valence-corrected chi connectivity index (χ0v) is 15.4. The van der Waals surface area contributed by atoms with Gasteiger partial charge in [0.2, 0.25) is 0 Å². The molecular weight excluding hydrogens is 280 g/mol. The lowest BCUT2D eigenvalue weighted by Crippen LogP contribution is -2.29. The maximum atomic E-state index is 12.0. The first-order valence-corrected chi connectivity index (χ1v) is 8.35. The molecule has 0 radical (unpaired) electrons. The van der Waals surface area contributed by atoms with Gasteiger partial charge in [0.25, 0.3) is 0 Å². The normalized spacial score (nSPS) is 12.1. The van der Waals surface area contributed by atoms with Gasteiger partial charge in [0.05, 0.1) is 26.1 Å². The first kappa shape index (κ1) is 20.9. The van der Waals surface area contributed by atoms with Crippen LogP contribution in [0.25, 0.3) is 0 Å². The fourth-order valence-electron chi connectivity index (χ4n) is 2.51. The number of hydrogen-bond donors (Lipinski definition) is 0. The van der Waals surface area contributed by atoms with Crippen LogP contribution in [0.1, 0.15) is 67.7 Å². The number of carbonyl (C=O) groups is 2. The molecule has 0 amide bonds. The van der Waals surface area contributed by atoms with Crippen molar-refractivity contribution in [3.63, 3.8) is 0 Å². The molecular formula is C18H34O4. The molecule has 0 fully saturated rings. The van der Waals surface area contributed by atoms with Gasteiger partial charge in [0, 0.05) is 0 Å². The molecule has 0 aromatic heterocycles. The van der Waals surface area contributed by atoms with E-state index in [1.54, 1.807) is 0 Å². The predicted octanol–water partition coefficient (Wildman–Crippen LogP) is 4.22. The molecule has 0 bridgehead atoms. The lowest BCUT2D eigenvalue weighted by molar-refractivity contribution is -0.151. The van der Waals surface area contributed by atoms with Crippen molar-refractivity contribution in [3.8, 4) is 0 Å². The molecule has 0 aliphatic rings. The Morgan fingerprint density at radius 3 is 1.41 bits per heavy atom. The van der Waals surface area contributed by atoms with Crippen LogP contribution < -0.4 is 0 Å². The first-order valence-electron chi connectivity index (χ1n) is 8.35. The zero-order valence-electron chi connectivity index (χ0n) is 15.4. The van der Waals surface area contributed by atoms with Crippen LogP contribution in [0.2, 0.25) is 0 Å². The third-order valence-electron chi connectivity index (χ3n) is 3.20. The highest BCUT2D eigenvalue weighted by Crippen LogP contribution is 2.34. The summed E-state index contributed by atoms with van der Waals surface area (Å²) in [6, 6.07) is 0. The predicted molar refractivity (Wildman–Crippen MR) is 88.4 cm³/mol. The van der Waals surface area contributed by atoms with Crippen LogP contribution in [0.15, 0.2) is 0 Å². The summed E-state index contributed by atoms with van der Waals surface area (Å²) >= 11 is 0. The van der Waals surface area contributed by atoms with Crippen LogP contribution in [-0.4, -0.2) is 25.2 Å². The Bertz CT molecular complexity index is 319. The summed E-state index contributed by atoms with van der Waals surface area (Å²) < 4.78 is 10.5. The first-order chi connectivity index (χ1) is 10.0. The molecule has 0 saturated carbocycles. The van der Waals surface area contributed by atoms with Gasteiger partial charge in [-0.25, -0.2) is 0 Å². The fourth-order valence-corrected chi connectivity index (χ4v) is 2.51. The lowest BCUT2D eigenvalue weighted by atomic mass is 9.76. The molecule has 0 aliphatic heterocycles. The molecule has 0 aromatic carbocycles. The van der Waals surface area contributed by atoms with E-state index in [-0.39, 0.29) is 24.8 Å². The average Bonchev–Trinajstić information content (AvgIpc) is 2.32. The van der Waals surface area contributed by atoms with Crippen LogP contribution in [0, 0.1) is 23.2 Å². The second-order valence-corrected chi connectivity index (χ2v) is 7.92. The number of rotatable bonds is 10. The largest absolute Gasteiger partial charge is 0.465 e. The summed E-state index contributed by atoms with van der Waals surface area (Å²) in [6.45, 7) is 15.0. The third kappa shape index (κ3) is 10.6. The summed E-state index contributed by atoms with van der Waals surface area (Å²) in [5, 5.41) is 0. The van der Waals surface area contributed by atoms with Crippen molar-refractivity contribution in [2.75, 3.05) is 13.2 Å². The minimum absolute atomic E-state index is 0.228. The molecule has 4 nitrogen and oxygen atoms in total. The Morgan fingerprint density at radius 2 is 1.14 bits per heavy atom. The Labute approximate surface area is 135 Å². The van der Waals surface area contributed by atoms with Gasteiger partial charge in [0.1, 0.15) is 0 Å². The SMILES string of the molecule is CC(C)COC(=O)CC(C)(CC(=O)OCC(C)C)CC(C)C. The minimum atomic E-state index is -0.406. The molecule has 0 rings (SSSR count). The summed E-state index contributed by atoms with van der Waals surface area (Å²) in [7, 11) is 0. The van der Waals surface area contributed by atoms with Crippen molar-refractivity contribution < 1.29 is 19.1 Å². The van der Waals surface area contributed by atoms with Crippen LogP contribution in [0.5, 0.6) is 0 Å². The van der Waals surface area contributed by atoms with Gasteiger partial charge in [-0.05, 0) is 29.6 Å². The van der Waals surface area contributed by atoms with Crippen molar-refractivity contribution in [3.05, 3.63) is 0 Å². The Morgan fingerprint density at radius 1 is 0.773 bits per heavy atom. The zero-order chi connectivity index (χ0) is 17.3. The Kier molecular flexibility index (Phi) is 9.38. The van der Waals surface area contributed by atoms with E-state index < -0.39 is 5.41 Å². The maximum Gasteiger partial charge on any atom is 0.306 e. The van der Waals surface area contributed by atoms with Crippen molar-refractivity contribution in [1.29, 1.82) is 0 Å². The molecule has 0 N–H and O–H groups in total. The molecule has 0 aliphatic carbocycles. The molecule has 0 saturated heterocycles. The van der Waals surface area contributed by atoms with E-state index in [1.165, 1.54) is 0 Å². The van der Waals surface area contributed by atoms with E-state index in [4.69, 9.17) is 9.47 Å². The van der Waals surface area contributed by atoms with E-state index in [9.17, 15) is 9.59 Å². The summed E-state index contributed by atoms with van der Waals surface area (Å²) in [6.07, 6.45) is 1.31. The van der Waals surface area contributed by atoms with Gasteiger partial charge >= 0.3 is 11.9 Å². The van der Waals surface area contributed by atoms with Crippen molar-refractivity contribution >= 4 is 11.9 Å². The molecule has 0 spiro atoms. The molecule has 0 atom stereocenters. The molecule has 0 unspecified atom stereocenters. The van der Waals surface area contributed by atoms with Crippen molar-refractivity contribution in [2.45, 2.75) is 67.7 Å². The Hall–Kier alpha value is -1.06. The van der Waals surface area contributed by atoms with Gasteiger partial charge in [-0.2, -0.15) is 0 Å². The van der Waals surface area contributed by atoms with Gasteiger partial charge in [-0.3, -0.25) is 9.59 Å². The highest BCUT2D eigenvalue weighted by molar-refractivity contribution is 5.74. The number of esters is 2. The van der Waals surface area contributed by atoms with Gasteiger partial charge in [-0.1, -0.05) is 48.5 Å². The van der Waals surface area contributed by atoms with E-state index in [2.05, 4.69) is 13.8 Å². The van der Waals surface area contributed by atoms with Crippen LogP contribution in [0.3, 0.4) is 0 Å². The van der Waals surface area contributed by atoms with Crippen LogP contribution in [0.4, 0.5) is 0 Å². The van der Waals surface area contributed by atoms with Gasteiger partial charge < -0.3 is 9.47 Å². The molecule has 0 heterocycles. The Balaban J connectivity index is 4.63. The summed E-state index contributed by atoms with van der Waals surface area (Å²) in [5.41, 5.74) is -0.406. The number of carbonyl (C=O) groups excluding carboxylic acids is 2. The van der Waals surface area contributed by atoms with Crippen molar-refractivity contribution in [2.24, 2.45) is 23.2 Å². The van der Waals surface area contributed by atoms with Gasteiger partial charge in [-0.15, -0.1) is 0 Å². The third-order valence-corrected chi connectivity index (χ3v) is 3.20. The topological polar surface area (TPSA) is 52.6 Å².